The van der Waals surface area contributed by atoms with Gasteiger partial charge in [-0.25, -0.2) is 0 Å². The van der Waals surface area contributed by atoms with Crippen molar-refractivity contribution in [2.24, 2.45) is 0 Å². The Morgan fingerprint density at radius 1 is 1.13 bits per heavy atom. The highest BCUT2D eigenvalue weighted by Crippen LogP contribution is 2.39. The number of halogens is 2. The molecule has 124 valence electrons. The van der Waals surface area contributed by atoms with Gasteiger partial charge < -0.3 is 14.8 Å². The number of rotatable bonds is 5. The van der Waals surface area contributed by atoms with E-state index in [1.54, 1.807) is 0 Å². The molecule has 3 nitrogen and oxygen atoms in total. The van der Waals surface area contributed by atoms with E-state index in [9.17, 15) is 0 Å². The van der Waals surface area contributed by atoms with Gasteiger partial charge >= 0.3 is 0 Å². The average Bonchev–Trinajstić information content (AvgIpc) is 2.55. The zero-order valence-corrected chi connectivity index (χ0v) is 14.6. The molecule has 0 aromatic heterocycles. The summed E-state index contributed by atoms with van der Waals surface area (Å²) in [6.07, 6.45) is 0.628. The summed E-state index contributed by atoms with van der Waals surface area (Å²) in [6, 6.07) is 15.9. The van der Waals surface area contributed by atoms with Crippen LogP contribution in [-0.2, 0) is 4.74 Å². The quantitative estimate of drug-likeness (QED) is 0.797. The molecule has 0 spiro atoms. The zero-order valence-electron chi connectivity index (χ0n) is 13.0. The van der Waals surface area contributed by atoms with Gasteiger partial charge in [-0.2, -0.15) is 0 Å². The fraction of sp³-hybridized carbons (Fsp3) is 0.333. The second-order valence-electron chi connectivity index (χ2n) is 5.36. The molecular weight excluding hydrogens is 333 g/mol. The van der Waals surface area contributed by atoms with E-state index in [0.717, 1.165) is 29.8 Å². The smallest absolute Gasteiger partial charge is 0.213 e. The molecule has 2 aromatic rings. The highest BCUT2D eigenvalue weighted by atomic mass is 35.5. The van der Waals surface area contributed by atoms with Gasteiger partial charge in [-0.05, 0) is 36.7 Å². The fourth-order valence-electron chi connectivity index (χ4n) is 2.60. The van der Waals surface area contributed by atoms with Crippen molar-refractivity contribution in [2.75, 3.05) is 13.1 Å². The highest BCUT2D eigenvalue weighted by molar-refractivity contribution is 6.30. The van der Waals surface area contributed by atoms with E-state index >= 15 is 0 Å². The van der Waals surface area contributed by atoms with E-state index in [1.165, 1.54) is 0 Å². The molecule has 0 radical (unpaired) electrons. The molecule has 0 saturated carbocycles. The molecule has 1 aliphatic rings. The third-order valence-corrected chi connectivity index (χ3v) is 3.88. The number of benzene rings is 2. The van der Waals surface area contributed by atoms with E-state index < -0.39 is 0 Å². The van der Waals surface area contributed by atoms with Gasteiger partial charge in [0, 0.05) is 10.6 Å². The first kappa shape index (κ1) is 18.1. The van der Waals surface area contributed by atoms with Crippen molar-refractivity contribution in [1.29, 1.82) is 0 Å². The van der Waals surface area contributed by atoms with Crippen molar-refractivity contribution in [1.82, 2.24) is 5.32 Å². The Morgan fingerprint density at radius 2 is 1.91 bits per heavy atom. The standard InChI is InChI=1S/C18H20ClNO2.ClH/c1-2-10-20-12-17-21-16-9-8-14(19)11-15(16)18(22-17)13-6-4-3-5-7-13;/h3-9,11,17-18,20H,2,10,12H2,1H3;1H. The molecule has 2 aromatic carbocycles. The second-order valence-corrected chi connectivity index (χ2v) is 5.80. The van der Waals surface area contributed by atoms with Crippen molar-refractivity contribution in [3.05, 3.63) is 64.7 Å². The number of hydrogen-bond donors (Lipinski definition) is 1. The molecule has 1 aliphatic heterocycles. The first-order valence-corrected chi connectivity index (χ1v) is 8.03. The van der Waals surface area contributed by atoms with Gasteiger partial charge in [0.05, 0.1) is 6.54 Å². The van der Waals surface area contributed by atoms with Gasteiger partial charge in [0.2, 0.25) is 6.29 Å². The predicted octanol–water partition coefficient (Wildman–Crippen LogP) is 4.59. The Hall–Kier alpha value is -1.26. The van der Waals surface area contributed by atoms with E-state index in [4.69, 9.17) is 21.1 Å². The van der Waals surface area contributed by atoms with Crippen molar-refractivity contribution in [2.45, 2.75) is 25.7 Å². The Morgan fingerprint density at radius 3 is 2.65 bits per heavy atom. The minimum Gasteiger partial charge on any atom is -0.463 e. The van der Waals surface area contributed by atoms with Crippen LogP contribution >= 0.6 is 24.0 Å². The molecule has 1 heterocycles. The van der Waals surface area contributed by atoms with E-state index in [0.29, 0.717) is 11.6 Å². The van der Waals surface area contributed by atoms with Crippen LogP contribution in [0.4, 0.5) is 0 Å². The first-order valence-electron chi connectivity index (χ1n) is 7.65. The van der Waals surface area contributed by atoms with Gasteiger partial charge in [0.15, 0.2) is 0 Å². The molecule has 0 bridgehead atoms. The molecule has 0 aliphatic carbocycles. The molecule has 1 N–H and O–H groups in total. The SMILES string of the molecule is CCCNCC1Oc2ccc(Cl)cc2C(c2ccccc2)O1.Cl. The van der Waals surface area contributed by atoms with Gasteiger partial charge in [-0.15, -0.1) is 12.4 Å². The molecule has 2 atom stereocenters. The molecule has 5 heteroatoms. The monoisotopic (exact) mass is 353 g/mol. The number of ether oxygens (including phenoxy) is 2. The van der Waals surface area contributed by atoms with Gasteiger partial charge in [0.25, 0.3) is 0 Å². The molecule has 3 rings (SSSR count). The Labute approximate surface area is 148 Å². The maximum Gasteiger partial charge on any atom is 0.213 e. The topological polar surface area (TPSA) is 30.5 Å². The zero-order chi connectivity index (χ0) is 15.4. The minimum absolute atomic E-state index is 0. The third-order valence-electron chi connectivity index (χ3n) is 3.64. The molecule has 23 heavy (non-hydrogen) atoms. The summed E-state index contributed by atoms with van der Waals surface area (Å²) >= 11 is 6.14. The molecule has 2 unspecified atom stereocenters. The lowest BCUT2D eigenvalue weighted by atomic mass is 9.99. The second kappa shape index (κ2) is 8.55. The summed E-state index contributed by atoms with van der Waals surface area (Å²) in [4.78, 5) is 0. The normalized spacial score (nSPS) is 19.4. The summed E-state index contributed by atoms with van der Waals surface area (Å²) in [5.74, 6) is 0.841. The van der Waals surface area contributed by atoms with Crippen LogP contribution in [0.1, 0.15) is 30.6 Å². The van der Waals surface area contributed by atoms with Crippen molar-refractivity contribution in [3.63, 3.8) is 0 Å². The largest absolute Gasteiger partial charge is 0.463 e. The number of fused-ring (bicyclic) bond motifs is 1. The third kappa shape index (κ3) is 4.39. The summed E-state index contributed by atoms with van der Waals surface area (Å²) in [5, 5.41) is 4.03. The Balaban J connectivity index is 0.00000192. The average molecular weight is 354 g/mol. The first-order chi connectivity index (χ1) is 10.8. The lowest BCUT2D eigenvalue weighted by Crippen LogP contribution is -2.38. The summed E-state index contributed by atoms with van der Waals surface area (Å²) in [6.45, 7) is 3.76. The Bertz CT molecular complexity index is 622. The lowest BCUT2D eigenvalue weighted by Gasteiger charge is -2.33. The van der Waals surface area contributed by atoms with Crippen LogP contribution in [0.5, 0.6) is 5.75 Å². The molecule has 0 amide bonds. The van der Waals surface area contributed by atoms with E-state index in [1.807, 2.05) is 36.4 Å². The van der Waals surface area contributed by atoms with Gasteiger partial charge in [-0.3, -0.25) is 0 Å². The number of nitrogens with one attached hydrogen (secondary N) is 1. The molecule has 0 saturated heterocycles. The predicted molar refractivity (Wildman–Crippen MR) is 95.6 cm³/mol. The van der Waals surface area contributed by atoms with Crippen LogP contribution in [0, 0.1) is 0 Å². The van der Waals surface area contributed by atoms with Crippen molar-refractivity contribution in [3.8, 4) is 5.75 Å². The summed E-state index contributed by atoms with van der Waals surface area (Å²) in [5.41, 5.74) is 2.08. The molecule has 0 fully saturated rings. The minimum atomic E-state index is -0.301. The van der Waals surface area contributed by atoms with E-state index in [-0.39, 0.29) is 24.8 Å². The maximum absolute atomic E-state index is 6.16. The Kier molecular flexibility index (Phi) is 6.72. The van der Waals surface area contributed by atoms with E-state index in [2.05, 4.69) is 24.4 Å². The van der Waals surface area contributed by atoms with Crippen molar-refractivity contribution < 1.29 is 9.47 Å². The fourth-order valence-corrected chi connectivity index (χ4v) is 2.78. The maximum atomic E-state index is 6.16. The molecular formula is C18H21Cl2NO2. The lowest BCUT2D eigenvalue weighted by molar-refractivity contribution is -0.124. The van der Waals surface area contributed by atoms with Crippen LogP contribution in [0.2, 0.25) is 5.02 Å². The number of hydrogen-bond acceptors (Lipinski definition) is 3. The summed E-state index contributed by atoms with van der Waals surface area (Å²) in [7, 11) is 0. The van der Waals surface area contributed by atoms with Crippen LogP contribution in [0.3, 0.4) is 0 Å². The van der Waals surface area contributed by atoms with Crippen LogP contribution in [-0.4, -0.2) is 19.4 Å². The van der Waals surface area contributed by atoms with Crippen LogP contribution < -0.4 is 10.1 Å². The van der Waals surface area contributed by atoms with Crippen LogP contribution in [0.15, 0.2) is 48.5 Å². The highest BCUT2D eigenvalue weighted by Gasteiger charge is 2.29. The van der Waals surface area contributed by atoms with Crippen molar-refractivity contribution >= 4 is 24.0 Å². The van der Waals surface area contributed by atoms with Gasteiger partial charge in [-0.1, -0.05) is 48.9 Å². The summed E-state index contributed by atoms with van der Waals surface area (Å²) < 4.78 is 12.1. The van der Waals surface area contributed by atoms with Gasteiger partial charge in [0.1, 0.15) is 11.9 Å². The van der Waals surface area contributed by atoms with Crippen LogP contribution in [0.25, 0.3) is 0 Å².